The smallest absolute Gasteiger partial charge is 0.270 e. The molecule has 1 aliphatic heterocycles. The maximum Gasteiger partial charge on any atom is 0.270 e. The number of carbonyl (C=O) groups excluding carboxylic acids is 2. The summed E-state index contributed by atoms with van der Waals surface area (Å²) >= 11 is 6.63. The summed E-state index contributed by atoms with van der Waals surface area (Å²) in [6, 6.07) is 14.4. The molecule has 1 N–H and O–H groups in total. The third-order valence-corrected chi connectivity index (χ3v) is 4.96. The van der Waals surface area contributed by atoms with E-state index in [0.29, 0.717) is 26.3 Å². The summed E-state index contributed by atoms with van der Waals surface area (Å²) in [7, 11) is 1.59. The highest BCUT2D eigenvalue weighted by Crippen LogP contribution is 2.36. The van der Waals surface area contributed by atoms with E-state index in [1.165, 1.54) is 23.6 Å². The van der Waals surface area contributed by atoms with Crippen molar-refractivity contribution in [3.63, 3.8) is 0 Å². The number of thiocarbonyl (C=S) groups is 1. The molecule has 1 fully saturated rings. The molecule has 1 aliphatic rings. The molecule has 0 atom stereocenters. The van der Waals surface area contributed by atoms with Crippen LogP contribution in [0.5, 0.6) is 5.75 Å². The van der Waals surface area contributed by atoms with Gasteiger partial charge in [0.25, 0.3) is 5.91 Å². The van der Waals surface area contributed by atoms with Crippen molar-refractivity contribution < 1.29 is 14.3 Å². The Morgan fingerprint density at radius 2 is 1.81 bits per heavy atom. The summed E-state index contributed by atoms with van der Waals surface area (Å²) in [6.07, 6.45) is 1.79. The predicted octanol–water partition coefficient (Wildman–Crippen LogP) is 4.06. The van der Waals surface area contributed by atoms with E-state index in [0.717, 1.165) is 5.56 Å². The molecule has 5 nitrogen and oxygen atoms in total. The number of carbonyl (C=O) groups is 2. The quantitative estimate of drug-likeness (QED) is 0.636. The molecule has 0 spiro atoms. The minimum Gasteiger partial charge on any atom is -0.497 e. The lowest BCUT2D eigenvalue weighted by atomic mass is 10.2. The summed E-state index contributed by atoms with van der Waals surface area (Å²) in [5, 5.41) is 2.71. The van der Waals surface area contributed by atoms with E-state index in [1.807, 2.05) is 12.1 Å². The zero-order valence-electron chi connectivity index (χ0n) is 14.2. The fourth-order valence-electron chi connectivity index (χ4n) is 2.44. The number of methoxy groups -OCH3 is 1. The second-order valence-corrected chi connectivity index (χ2v) is 7.19. The molecule has 0 aliphatic carbocycles. The fraction of sp³-hybridized carbons (Fsp3) is 0.105. The normalized spacial score (nSPS) is 15.5. The molecular weight excluding hydrogens is 368 g/mol. The fourth-order valence-corrected chi connectivity index (χ4v) is 3.74. The highest BCUT2D eigenvalue weighted by Gasteiger charge is 2.33. The Bertz CT molecular complexity index is 890. The monoisotopic (exact) mass is 384 g/mol. The number of thioether (sulfide) groups is 1. The van der Waals surface area contributed by atoms with Gasteiger partial charge >= 0.3 is 0 Å². The maximum absolute atomic E-state index is 12.7. The van der Waals surface area contributed by atoms with Gasteiger partial charge in [-0.25, -0.2) is 0 Å². The Morgan fingerprint density at radius 1 is 1.15 bits per heavy atom. The zero-order chi connectivity index (χ0) is 18.7. The molecule has 0 saturated carbocycles. The molecule has 132 valence electrons. The van der Waals surface area contributed by atoms with Gasteiger partial charge in [-0.3, -0.25) is 14.5 Å². The van der Waals surface area contributed by atoms with Crippen molar-refractivity contribution in [3.8, 4) is 5.75 Å². The van der Waals surface area contributed by atoms with Crippen LogP contribution in [-0.4, -0.2) is 23.2 Å². The Morgan fingerprint density at radius 3 is 2.38 bits per heavy atom. The van der Waals surface area contributed by atoms with E-state index in [1.54, 1.807) is 49.6 Å². The number of nitrogens with zero attached hydrogens (tertiary/aromatic N) is 1. The molecule has 2 aromatic rings. The van der Waals surface area contributed by atoms with Crippen LogP contribution in [0.2, 0.25) is 0 Å². The Hall–Kier alpha value is -2.64. The van der Waals surface area contributed by atoms with Gasteiger partial charge in [-0.05, 0) is 48.0 Å². The zero-order valence-corrected chi connectivity index (χ0v) is 15.8. The van der Waals surface area contributed by atoms with Gasteiger partial charge in [0, 0.05) is 12.6 Å². The van der Waals surface area contributed by atoms with E-state index in [2.05, 4.69) is 5.32 Å². The standard InChI is InChI=1S/C19H16N2O3S2/c1-12(22)20-14-5-3-13(4-6-14)11-17-18(23)21(19(25)26-17)15-7-9-16(24-2)10-8-15/h3-11H,1-2H3,(H,20,22)/b17-11-. The van der Waals surface area contributed by atoms with Gasteiger partial charge in [0.05, 0.1) is 17.7 Å². The van der Waals surface area contributed by atoms with E-state index in [-0.39, 0.29) is 11.8 Å². The first-order valence-corrected chi connectivity index (χ1v) is 9.00. The van der Waals surface area contributed by atoms with Crippen molar-refractivity contribution in [1.82, 2.24) is 0 Å². The highest BCUT2D eigenvalue weighted by atomic mass is 32.2. The summed E-state index contributed by atoms with van der Waals surface area (Å²) in [4.78, 5) is 25.9. The lowest BCUT2D eigenvalue weighted by molar-refractivity contribution is -0.114. The van der Waals surface area contributed by atoms with Crippen LogP contribution in [0.15, 0.2) is 53.4 Å². The summed E-state index contributed by atoms with van der Waals surface area (Å²) < 4.78 is 5.63. The Labute approximate surface area is 161 Å². The van der Waals surface area contributed by atoms with Crippen molar-refractivity contribution in [2.24, 2.45) is 0 Å². The van der Waals surface area contributed by atoms with E-state index in [9.17, 15) is 9.59 Å². The minimum atomic E-state index is -0.156. The van der Waals surface area contributed by atoms with Gasteiger partial charge in [-0.1, -0.05) is 36.1 Å². The third-order valence-electron chi connectivity index (χ3n) is 3.65. The molecule has 3 rings (SSSR count). The van der Waals surface area contributed by atoms with Crippen molar-refractivity contribution in [3.05, 3.63) is 59.0 Å². The lowest BCUT2D eigenvalue weighted by Gasteiger charge is -2.14. The number of hydrogen-bond acceptors (Lipinski definition) is 5. The van der Waals surface area contributed by atoms with Crippen molar-refractivity contribution in [1.29, 1.82) is 0 Å². The number of nitrogens with one attached hydrogen (secondary N) is 1. The molecule has 0 unspecified atom stereocenters. The van der Waals surface area contributed by atoms with Crippen LogP contribution in [0.1, 0.15) is 12.5 Å². The molecule has 0 radical (unpaired) electrons. The van der Waals surface area contributed by atoms with Crippen LogP contribution < -0.4 is 15.0 Å². The second kappa shape index (κ2) is 7.72. The van der Waals surface area contributed by atoms with Gasteiger partial charge in [0.2, 0.25) is 5.91 Å². The van der Waals surface area contributed by atoms with Gasteiger partial charge in [0.1, 0.15) is 5.75 Å². The Kier molecular flexibility index (Phi) is 5.39. The van der Waals surface area contributed by atoms with Crippen LogP contribution in [-0.2, 0) is 9.59 Å². The van der Waals surface area contributed by atoms with E-state index >= 15 is 0 Å². The van der Waals surface area contributed by atoms with Crippen LogP contribution in [0, 0.1) is 0 Å². The average Bonchev–Trinajstić information content (AvgIpc) is 2.90. The first kappa shape index (κ1) is 18.2. The molecule has 7 heteroatoms. The van der Waals surface area contributed by atoms with Gasteiger partial charge in [-0.2, -0.15) is 0 Å². The van der Waals surface area contributed by atoms with Crippen molar-refractivity contribution >= 4 is 57.6 Å². The van der Waals surface area contributed by atoms with E-state index in [4.69, 9.17) is 17.0 Å². The first-order chi connectivity index (χ1) is 12.5. The van der Waals surface area contributed by atoms with E-state index < -0.39 is 0 Å². The molecule has 1 saturated heterocycles. The van der Waals surface area contributed by atoms with Gasteiger partial charge in [-0.15, -0.1) is 0 Å². The third kappa shape index (κ3) is 3.95. The average molecular weight is 384 g/mol. The lowest BCUT2D eigenvalue weighted by Crippen LogP contribution is -2.27. The van der Waals surface area contributed by atoms with Crippen LogP contribution in [0.4, 0.5) is 11.4 Å². The summed E-state index contributed by atoms with van der Waals surface area (Å²) in [6.45, 7) is 1.46. The molecule has 0 aromatic heterocycles. The number of anilines is 2. The molecule has 26 heavy (non-hydrogen) atoms. The number of ether oxygens (including phenoxy) is 1. The van der Waals surface area contributed by atoms with Crippen LogP contribution >= 0.6 is 24.0 Å². The number of amides is 2. The minimum absolute atomic E-state index is 0.127. The number of rotatable bonds is 4. The second-order valence-electron chi connectivity index (χ2n) is 5.52. The molecule has 2 aromatic carbocycles. The van der Waals surface area contributed by atoms with Gasteiger partial charge < -0.3 is 10.1 Å². The topological polar surface area (TPSA) is 58.6 Å². The predicted molar refractivity (Wildman–Crippen MR) is 109 cm³/mol. The molecule has 0 bridgehead atoms. The Balaban J connectivity index is 1.81. The van der Waals surface area contributed by atoms with Crippen molar-refractivity contribution in [2.45, 2.75) is 6.92 Å². The highest BCUT2D eigenvalue weighted by molar-refractivity contribution is 8.27. The van der Waals surface area contributed by atoms with Gasteiger partial charge in [0.15, 0.2) is 4.32 Å². The molecule has 2 amide bonds. The summed E-state index contributed by atoms with van der Waals surface area (Å²) in [5.41, 5.74) is 2.27. The number of hydrogen-bond donors (Lipinski definition) is 1. The summed E-state index contributed by atoms with van der Waals surface area (Å²) in [5.74, 6) is 0.434. The molecule has 1 heterocycles. The largest absolute Gasteiger partial charge is 0.497 e. The maximum atomic E-state index is 12.7. The van der Waals surface area contributed by atoms with Crippen molar-refractivity contribution in [2.75, 3.05) is 17.3 Å². The number of benzene rings is 2. The van der Waals surface area contributed by atoms with Crippen LogP contribution in [0.3, 0.4) is 0 Å². The first-order valence-electron chi connectivity index (χ1n) is 7.77. The molecular formula is C19H16N2O3S2. The van der Waals surface area contributed by atoms with Crippen LogP contribution in [0.25, 0.3) is 6.08 Å². The SMILES string of the molecule is COc1ccc(N2C(=O)/C(=C/c3ccc(NC(C)=O)cc3)SC2=S)cc1.